The summed E-state index contributed by atoms with van der Waals surface area (Å²) < 4.78 is 1.28. The van der Waals surface area contributed by atoms with Crippen LogP contribution in [0, 0.1) is 13.8 Å². The van der Waals surface area contributed by atoms with Crippen molar-refractivity contribution in [1.82, 2.24) is 15.0 Å². The molecular weight excluding hydrogens is 266 g/mol. The lowest BCUT2D eigenvalue weighted by atomic mass is 10.3. The predicted octanol–water partition coefficient (Wildman–Crippen LogP) is 4.48. The van der Waals surface area contributed by atoms with E-state index in [1.807, 2.05) is 56.3 Å². The van der Waals surface area contributed by atoms with Gasteiger partial charge in [-0.2, -0.15) is 0 Å². The molecule has 0 amide bonds. The second-order valence-electron chi connectivity index (χ2n) is 4.54. The molecule has 0 atom stereocenters. The summed E-state index contributed by atoms with van der Waals surface area (Å²) in [6, 6.07) is 16.2. The van der Waals surface area contributed by atoms with Crippen LogP contribution in [-0.2, 0) is 0 Å². The van der Waals surface area contributed by atoms with Gasteiger partial charge in [-0.05, 0) is 38.1 Å². The average molecular weight is 281 g/mol. The van der Waals surface area contributed by atoms with Crippen LogP contribution in [0.5, 0.6) is 0 Å². The smallest absolute Gasteiger partial charge is 0.104 e. The van der Waals surface area contributed by atoms with Gasteiger partial charge in [-0.25, -0.2) is 9.97 Å². The minimum Gasteiger partial charge on any atom is -0.342 e. The number of benzene rings is 2. The minimum absolute atomic E-state index is 0.973. The van der Waals surface area contributed by atoms with E-state index in [0.29, 0.717) is 0 Å². The molecule has 0 aliphatic rings. The molecule has 0 aliphatic heterocycles. The summed E-state index contributed by atoms with van der Waals surface area (Å²) >= 11 is 1.74. The van der Waals surface area contributed by atoms with Gasteiger partial charge in [0.05, 0.1) is 26.3 Å². The second kappa shape index (κ2) is 5.43. The highest BCUT2D eigenvalue weighted by Crippen LogP contribution is 2.19. The maximum absolute atomic E-state index is 4.33. The van der Waals surface area contributed by atoms with Gasteiger partial charge >= 0.3 is 0 Å². The van der Waals surface area contributed by atoms with E-state index in [-0.39, 0.29) is 0 Å². The fourth-order valence-corrected chi connectivity index (χ4v) is 2.89. The minimum atomic E-state index is 0.973. The van der Waals surface area contributed by atoms with Crippen LogP contribution >= 0.6 is 11.3 Å². The van der Waals surface area contributed by atoms with Crippen molar-refractivity contribution < 1.29 is 0 Å². The van der Waals surface area contributed by atoms with Crippen LogP contribution < -0.4 is 0 Å². The maximum Gasteiger partial charge on any atom is 0.104 e. The topological polar surface area (TPSA) is 41.6 Å². The van der Waals surface area contributed by atoms with Gasteiger partial charge in [0.2, 0.25) is 0 Å². The lowest BCUT2D eigenvalue weighted by Crippen LogP contribution is -1.68. The first-order chi connectivity index (χ1) is 9.72. The Morgan fingerprint density at radius 1 is 0.850 bits per heavy atom. The third kappa shape index (κ3) is 2.70. The number of H-pyrrole nitrogens is 1. The third-order valence-corrected chi connectivity index (χ3v) is 3.86. The number of imidazole rings is 1. The van der Waals surface area contributed by atoms with Crippen LogP contribution in [0.25, 0.3) is 21.3 Å². The first-order valence-corrected chi connectivity index (χ1v) is 7.27. The van der Waals surface area contributed by atoms with E-state index >= 15 is 0 Å². The first-order valence-electron chi connectivity index (χ1n) is 6.46. The Morgan fingerprint density at radius 2 is 1.55 bits per heavy atom. The van der Waals surface area contributed by atoms with E-state index in [2.05, 4.69) is 21.0 Å². The molecule has 0 radical (unpaired) electrons. The van der Waals surface area contributed by atoms with Crippen molar-refractivity contribution in [1.29, 1.82) is 0 Å². The zero-order chi connectivity index (χ0) is 13.9. The predicted molar refractivity (Wildman–Crippen MR) is 85.2 cm³/mol. The lowest BCUT2D eigenvalue weighted by Gasteiger charge is -1.81. The van der Waals surface area contributed by atoms with E-state index < -0.39 is 0 Å². The van der Waals surface area contributed by atoms with Gasteiger partial charge in [-0.1, -0.05) is 24.3 Å². The van der Waals surface area contributed by atoms with Crippen molar-refractivity contribution in [2.45, 2.75) is 13.8 Å². The van der Waals surface area contributed by atoms with Crippen molar-refractivity contribution in [3.63, 3.8) is 0 Å². The summed E-state index contributed by atoms with van der Waals surface area (Å²) in [6.45, 7) is 3.99. The average Bonchev–Trinajstić information content (AvgIpc) is 2.99. The van der Waals surface area contributed by atoms with Crippen molar-refractivity contribution in [2.24, 2.45) is 0 Å². The fraction of sp³-hybridized carbons (Fsp3) is 0.125. The molecule has 4 heteroatoms. The van der Waals surface area contributed by atoms with Gasteiger partial charge in [-0.3, -0.25) is 0 Å². The number of nitrogens with zero attached hydrogens (tertiary/aromatic N) is 2. The molecule has 0 aliphatic carbocycles. The van der Waals surface area contributed by atoms with Crippen molar-refractivity contribution >= 4 is 32.6 Å². The number of rotatable bonds is 0. The zero-order valence-electron chi connectivity index (χ0n) is 11.4. The number of aryl methyl sites for hydroxylation is 2. The summed E-state index contributed by atoms with van der Waals surface area (Å²) in [5, 5.41) is 1.14. The summed E-state index contributed by atoms with van der Waals surface area (Å²) in [5.41, 5.74) is 3.27. The quantitative estimate of drug-likeness (QED) is 0.516. The molecule has 2 aromatic carbocycles. The van der Waals surface area contributed by atoms with E-state index in [9.17, 15) is 0 Å². The van der Waals surface area contributed by atoms with Gasteiger partial charge in [0.15, 0.2) is 0 Å². The van der Waals surface area contributed by atoms with Gasteiger partial charge in [0.1, 0.15) is 5.82 Å². The van der Waals surface area contributed by atoms with Crippen LogP contribution in [0.2, 0.25) is 0 Å². The molecule has 0 saturated carbocycles. The number of hydrogen-bond donors (Lipinski definition) is 1. The van der Waals surface area contributed by atoms with Gasteiger partial charge < -0.3 is 4.98 Å². The van der Waals surface area contributed by atoms with E-state index in [0.717, 1.165) is 27.4 Å². The van der Waals surface area contributed by atoms with Crippen molar-refractivity contribution in [3.8, 4) is 0 Å². The number of para-hydroxylation sites is 3. The highest BCUT2D eigenvalue weighted by Gasteiger charge is 1.95. The Balaban J connectivity index is 0.000000121. The Bertz CT molecular complexity index is 707. The Hall–Kier alpha value is -2.20. The van der Waals surface area contributed by atoms with Crippen molar-refractivity contribution in [2.75, 3.05) is 0 Å². The van der Waals surface area contributed by atoms with Gasteiger partial charge in [-0.15, -0.1) is 11.3 Å². The number of aromatic nitrogens is 3. The molecule has 2 aromatic heterocycles. The Labute approximate surface area is 121 Å². The van der Waals surface area contributed by atoms with Crippen LogP contribution in [0.1, 0.15) is 10.8 Å². The molecule has 4 aromatic rings. The van der Waals surface area contributed by atoms with Crippen LogP contribution in [-0.4, -0.2) is 15.0 Å². The molecule has 20 heavy (non-hydrogen) atoms. The number of fused-ring (bicyclic) bond motifs is 2. The molecule has 0 bridgehead atoms. The molecular formula is C16H15N3S. The molecule has 4 rings (SSSR count). The SMILES string of the molecule is Cc1nc2ccccc2[nH]1.Cc1nc2ccccc2s1. The van der Waals surface area contributed by atoms with Crippen LogP contribution in [0.3, 0.4) is 0 Å². The number of aromatic amines is 1. The molecule has 100 valence electrons. The molecule has 3 nitrogen and oxygen atoms in total. The van der Waals surface area contributed by atoms with Gasteiger partial charge in [0.25, 0.3) is 0 Å². The highest BCUT2D eigenvalue weighted by molar-refractivity contribution is 7.18. The summed E-state index contributed by atoms with van der Waals surface area (Å²) in [4.78, 5) is 11.7. The monoisotopic (exact) mass is 281 g/mol. The Kier molecular flexibility index (Phi) is 3.48. The Morgan fingerprint density at radius 3 is 2.30 bits per heavy atom. The van der Waals surface area contributed by atoms with Crippen molar-refractivity contribution in [3.05, 3.63) is 59.4 Å². The lowest BCUT2D eigenvalue weighted by molar-refractivity contribution is 1.17. The summed E-state index contributed by atoms with van der Waals surface area (Å²) in [5.74, 6) is 0.973. The zero-order valence-corrected chi connectivity index (χ0v) is 12.2. The molecule has 1 N–H and O–H groups in total. The number of hydrogen-bond acceptors (Lipinski definition) is 3. The normalized spacial score (nSPS) is 10.5. The summed E-state index contributed by atoms with van der Waals surface area (Å²) in [7, 11) is 0. The molecule has 0 unspecified atom stereocenters. The highest BCUT2D eigenvalue weighted by atomic mass is 32.1. The summed E-state index contributed by atoms with van der Waals surface area (Å²) in [6.07, 6.45) is 0. The van der Waals surface area contributed by atoms with Gasteiger partial charge in [0, 0.05) is 0 Å². The van der Waals surface area contributed by atoms with Crippen LogP contribution in [0.15, 0.2) is 48.5 Å². The molecule has 0 spiro atoms. The number of thiazole rings is 1. The van der Waals surface area contributed by atoms with E-state index in [4.69, 9.17) is 0 Å². The van der Waals surface area contributed by atoms with Crippen LogP contribution in [0.4, 0.5) is 0 Å². The first kappa shape index (κ1) is 12.8. The largest absolute Gasteiger partial charge is 0.342 e. The molecule has 0 saturated heterocycles. The number of nitrogens with one attached hydrogen (secondary N) is 1. The second-order valence-corrected chi connectivity index (χ2v) is 5.77. The standard InChI is InChI=1S/C8H8N2.C8H7NS/c2*1-6-9-7-4-2-3-5-8(7)10-6/h2-5H,1H3,(H,9,10);2-5H,1H3. The van der Waals surface area contributed by atoms with E-state index in [1.54, 1.807) is 11.3 Å². The van der Waals surface area contributed by atoms with E-state index in [1.165, 1.54) is 4.70 Å². The fourth-order valence-electron chi connectivity index (χ4n) is 2.07. The molecule has 2 heterocycles. The third-order valence-electron chi connectivity index (χ3n) is 2.91. The molecule has 0 fully saturated rings. The maximum atomic E-state index is 4.33.